The van der Waals surface area contributed by atoms with Crippen molar-refractivity contribution in [3.63, 3.8) is 0 Å². The van der Waals surface area contributed by atoms with Crippen LogP contribution in [-0.4, -0.2) is 16.1 Å². The zero-order valence-electron chi connectivity index (χ0n) is 10.2. The molecule has 94 valence electrons. The fraction of sp³-hybridized carbons (Fsp3) is 0.250. The zero-order chi connectivity index (χ0) is 13.1. The first-order valence-electron chi connectivity index (χ1n) is 5.49. The summed E-state index contributed by atoms with van der Waals surface area (Å²) in [4.78, 5) is 11.8. The largest absolute Gasteiger partial charge is 0.374 e. The first kappa shape index (κ1) is 12.5. The summed E-state index contributed by atoms with van der Waals surface area (Å²) in [6.45, 7) is 4.00. The Hall–Kier alpha value is -1.95. The van der Waals surface area contributed by atoms with Crippen molar-refractivity contribution in [3.8, 4) is 0 Å². The Morgan fingerprint density at radius 2 is 2.17 bits per heavy atom. The van der Waals surface area contributed by atoms with Gasteiger partial charge >= 0.3 is 0 Å². The number of hydrogen-bond acceptors (Lipinski definition) is 5. The lowest BCUT2D eigenvalue weighted by molar-refractivity contribution is -0.115. The highest BCUT2D eigenvalue weighted by Crippen LogP contribution is 2.17. The van der Waals surface area contributed by atoms with E-state index in [9.17, 15) is 4.79 Å². The number of nitrogens with two attached hydrogens (primary N) is 1. The quantitative estimate of drug-likeness (QED) is 0.885. The van der Waals surface area contributed by atoms with Crippen LogP contribution in [0.15, 0.2) is 18.2 Å². The fourth-order valence-corrected chi connectivity index (χ4v) is 2.14. The van der Waals surface area contributed by atoms with Gasteiger partial charge in [0.2, 0.25) is 16.2 Å². The number of aromatic nitrogens is 2. The molecule has 5 nitrogen and oxygen atoms in total. The van der Waals surface area contributed by atoms with Crippen LogP contribution in [0.4, 0.5) is 10.3 Å². The number of amides is 1. The molecule has 0 unspecified atom stereocenters. The van der Waals surface area contributed by atoms with E-state index in [2.05, 4.69) is 15.5 Å². The van der Waals surface area contributed by atoms with Crippen molar-refractivity contribution in [3.05, 3.63) is 34.9 Å². The molecule has 0 saturated carbocycles. The van der Waals surface area contributed by atoms with Gasteiger partial charge in [0, 0.05) is 0 Å². The van der Waals surface area contributed by atoms with E-state index in [0.717, 1.165) is 28.0 Å². The normalized spacial score (nSPS) is 10.3. The number of anilines is 2. The molecule has 1 heterocycles. The van der Waals surface area contributed by atoms with E-state index in [1.54, 1.807) is 0 Å². The van der Waals surface area contributed by atoms with Crippen LogP contribution in [0.3, 0.4) is 0 Å². The second-order valence-electron chi connectivity index (χ2n) is 4.10. The third kappa shape index (κ3) is 3.04. The van der Waals surface area contributed by atoms with Gasteiger partial charge in [-0.1, -0.05) is 35.1 Å². The van der Waals surface area contributed by atoms with Gasteiger partial charge in [-0.2, -0.15) is 0 Å². The molecule has 0 fully saturated rings. The van der Waals surface area contributed by atoms with Crippen LogP contribution in [0.5, 0.6) is 0 Å². The van der Waals surface area contributed by atoms with E-state index < -0.39 is 0 Å². The Morgan fingerprint density at radius 3 is 2.83 bits per heavy atom. The van der Waals surface area contributed by atoms with Crippen molar-refractivity contribution in [1.82, 2.24) is 10.2 Å². The summed E-state index contributed by atoms with van der Waals surface area (Å²) in [7, 11) is 0. The van der Waals surface area contributed by atoms with Gasteiger partial charge in [-0.05, 0) is 25.0 Å². The molecule has 0 aliphatic carbocycles. The number of rotatable bonds is 3. The maximum Gasteiger partial charge on any atom is 0.230 e. The van der Waals surface area contributed by atoms with Crippen LogP contribution in [-0.2, 0) is 11.2 Å². The van der Waals surface area contributed by atoms with Crippen LogP contribution in [0.2, 0.25) is 0 Å². The van der Waals surface area contributed by atoms with E-state index in [4.69, 9.17) is 5.73 Å². The van der Waals surface area contributed by atoms with Crippen LogP contribution in [0.1, 0.15) is 16.7 Å². The lowest BCUT2D eigenvalue weighted by atomic mass is 10.0. The molecule has 2 rings (SSSR count). The van der Waals surface area contributed by atoms with Gasteiger partial charge in [0.05, 0.1) is 6.42 Å². The summed E-state index contributed by atoms with van der Waals surface area (Å²) in [6.07, 6.45) is 0.326. The smallest absolute Gasteiger partial charge is 0.230 e. The lowest BCUT2D eigenvalue weighted by Crippen LogP contribution is -2.15. The van der Waals surface area contributed by atoms with Gasteiger partial charge < -0.3 is 11.1 Å². The van der Waals surface area contributed by atoms with Gasteiger partial charge in [-0.3, -0.25) is 4.79 Å². The maximum absolute atomic E-state index is 11.8. The summed E-state index contributed by atoms with van der Waals surface area (Å²) in [5, 5.41) is 10.9. The number of hydrogen-bond donors (Lipinski definition) is 2. The molecule has 2 aromatic rings. The Labute approximate surface area is 109 Å². The molecule has 1 aromatic carbocycles. The molecule has 1 aromatic heterocycles. The summed E-state index contributed by atoms with van der Waals surface area (Å²) in [6, 6.07) is 6.06. The van der Waals surface area contributed by atoms with Gasteiger partial charge in [-0.25, -0.2) is 0 Å². The third-order valence-electron chi connectivity index (χ3n) is 2.54. The van der Waals surface area contributed by atoms with E-state index in [-0.39, 0.29) is 5.91 Å². The van der Waals surface area contributed by atoms with E-state index in [0.29, 0.717) is 16.7 Å². The predicted molar refractivity (Wildman–Crippen MR) is 72.6 cm³/mol. The number of carbonyl (C=O) groups excluding carboxylic acids is 1. The monoisotopic (exact) mass is 262 g/mol. The van der Waals surface area contributed by atoms with Gasteiger partial charge in [0.1, 0.15) is 0 Å². The first-order chi connectivity index (χ1) is 8.54. The Morgan fingerprint density at radius 1 is 1.39 bits per heavy atom. The molecule has 0 bridgehead atoms. The third-order valence-corrected chi connectivity index (χ3v) is 3.21. The average molecular weight is 262 g/mol. The van der Waals surface area contributed by atoms with Crippen molar-refractivity contribution < 1.29 is 4.79 Å². The minimum atomic E-state index is -0.111. The highest BCUT2D eigenvalue weighted by molar-refractivity contribution is 7.18. The van der Waals surface area contributed by atoms with Crippen LogP contribution in [0, 0.1) is 13.8 Å². The molecule has 0 radical (unpaired) electrons. The minimum absolute atomic E-state index is 0.111. The van der Waals surface area contributed by atoms with Crippen molar-refractivity contribution in [2.45, 2.75) is 20.3 Å². The van der Waals surface area contributed by atoms with Crippen LogP contribution >= 0.6 is 11.3 Å². The van der Waals surface area contributed by atoms with Crippen LogP contribution in [0.25, 0.3) is 0 Å². The SMILES string of the molecule is Cc1ccc(C)c(CC(=O)Nc2nnc(N)s2)c1. The van der Waals surface area contributed by atoms with Crippen molar-refractivity contribution >= 4 is 27.5 Å². The molecule has 0 saturated heterocycles. The molecular weight excluding hydrogens is 248 g/mol. The summed E-state index contributed by atoms with van der Waals surface area (Å²) >= 11 is 1.16. The van der Waals surface area contributed by atoms with E-state index in [1.165, 1.54) is 0 Å². The fourth-order valence-electron chi connectivity index (χ4n) is 1.61. The highest BCUT2D eigenvalue weighted by atomic mass is 32.1. The molecule has 6 heteroatoms. The summed E-state index contributed by atoms with van der Waals surface area (Å²) < 4.78 is 0. The van der Waals surface area contributed by atoms with Crippen LogP contribution < -0.4 is 11.1 Å². The molecule has 0 aliphatic heterocycles. The van der Waals surface area contributed by atoms with Crippen molar-refractivity contribution in [2.75, 3.05) is 11.1 Å². The van der Waals surface area contributed by atoms with Crippen molar-refractivity contribution in [1.29, 1.82) is 0 Å². The minimum Gasteiger partial charge on any atom is -0.374 e. The maximum atomic E-state index is 11.8. The Bertz CT molecular complexity index is 579. The molecule has 18 heavy (non-hydrogen) atoms. The second kappa shape index (κ2) is 5.14. The number of benzene rings is 1. The highest BCUT2D eigenvalue weighted by Gasteiger charge is 2.09. The van der Waals surface area contributed by atoms with Gasteiger partial charge in [0.15, 0.2) is 0 Å². The summed E-state index contributed by atoms with van der Waals surface area (Å²) in [5.74, 6) is -0.111. The van der Waals surface area contributed by atoms with E-state index >= 15 is 0 Å². The summed E-state index contributed by atoms with van der Waals surface area (Å²) in [5.41, 5.74) is 8.71. The Balaban J connectivity index is 2.05. The number of aryl methyl sites for hydroxylation is 2. The molecule has 3 N–H and O–H groups in total. The predicted octanol–water partition coefficient (Wildman–Crippen LogP) is 1.92. The molecule has 1 amide bonds. The molecule has 0 aliphatic rings. The van der Waals surface area contributed by atoms with E-state index in [1.807, 2.05) is 32.0 Å². The average Bonchev–Trinajstić information content (AvgIpc) is 2.69. The van der Waals surface area contributed by atoms with Gasteiger partial charge in [-0.15, -0.1) is 10.2 Å². The van der Waals surface area contributed by atoms with Crippen molar-refractivity contribution in [2.24, 2.45) is 0 Å². The number of carbonyl (C=O) groups is 1. The first-order valence-corrected chi connectivity index (χ1v) is 6.31. The second-order valence-corrected chi connectivity index (χ2v) is 5.11. The molecule has 0 atom stereocenters. The Kier molecular flexibility index (Phi) is 3.57. The zero-order valence-corrected chi connectivity index (χ0v) is 11.0. The molecule has 0 spiro atoms. The van der Waals surface area contributed by atoms with Gasteiger partial charge in [0.25, 0.3) is 0 Å². The lowest BCUT2D eigenvalue weighted by Gasteiger charge is -2.06. The number of nitrogens with zero attached hydrogens (tertiary/aromatic N) is 2. The topological polar surface area (TPSA) is 80.9 Å². The standard InChI is InChI=1S/C12H14N4OS/c1-7-3-4-8(2)9(5-7)6-10(17)14-12-16-15-11(13)18-12/h3-5H,6H2,1-2H3,(H2,13,15)(H,14,16,17). The number of nitrogens with one attached hydrogen (secondary N) is 1. The number of nitrogen functional groups attached to an aromatic ring is 1. The molecular formula is C12H14N4OS.